The van der Waals surface area contributed by atoms with Crippen LogP contribution >= 0.6 is 19.2 Å². The molecular weight excluding hydrogens is 299 g/mol. The molecule has 0 amide bonds. The molecule has 1 saturated heterocycles. The van der Waals surface area contributed by atoms with Gasteiger partial charge in [0.05, 0.1) is 18.3 Å². The van der Waals surface area contributed by atoms with E-state index in [-0.39, 0.29) is 18.1 Å². The lowest BCUT2D eigenvalue weighted by Crippen LogP contribution is -2.23. The molecule has 0 N–H and O–H groups in total. The Bertz CT molecular complexity index is 512. The molecule has 0 spiro atoms. The zero-order valence-electron chi connectivity index (χ0n) is 12.0. The topological polar surface area (TPSA) is 44.8 Å². The fraction of sp³-hybridized carbons (Fsp3) is 0.571. The molecule has 112 valence electrons. The molecule has 2 rings (SSSR count). The summed E-state index contributed by atoms with van der Waals surface area (Å²) >= 11 is 5.98. The first-order valence-corrected chi connectivity index (χ1v) is 8.69. The molecule has 0 aliphatic carbocycles. The Balaban J connectivity index is 2.06. The van der Waals surface area contributed by atoms with E-state index >= 15 is 0 Å². The summed E-state index contributed by atoms with van der Waals surface area (Å²) in [7, 11) is -3.21. The minimum atomic E-state index is -3.21. The Morgan fingerprint density at radius 3 is 2.85 bits per heavy atom. The van der Waals surface area contributed by atoms with Crippen molar-refractivity contribution in [1.82, 2.24) is 0 Å². The van der Waals surface area contributed by atoms with Crippen LogP contribution in [-0.2, 0) is 18.3 Å². The third kappa shape index (κ3) is 4.57. The van der Waals surface area contributed by atoms with Gasteiger partial charge >= 0.3 is 7.60 Å². The van der Waals surface area contributed by atoms with Crippen LogP contribution in [0.2, 0.25) is 5.02 Å². The summed E-state index contributed by atoms with van der Waals surface area (Å²) in [4.78, 5) is 0. The average Bonchev–Trinajstić information content (AvgIpc) is 2.36. The van der Waals surface area contributed by atoms with Gasteiger partial charge in [-0.2, -0.15) is 0 Å². The predicted molar refractivity (Wildman–Crippen MR) is 79.2 cm³/mol. The van der Waals surface area contributed by atoms with Crippen molar-refractivity contribution in [2.45, 2.75) is 38.9 Å². The SMILES string of the molecule is CC(C)(C)OCP1(=O)OCC[C@@H](c2cccc(Cl)c2)O1. The maximum absolute atomic E-state index is 12.5. The van der Waals surface area contributed by atoms with Gasteiger partial charge in [0.25, 0.3) is 0 Å². The molecule has 1 aromatic carbocycles. The van der Waals surface area contributed by atoms with Gasteiger partial charge in [-0.05, 0) is 38.5 Å². The molecular formula is C14H20ClO4P. The number of hydrogen-bond acceptors (Lipinski definition) is 4. The Morgan fingerprint density at radius 1 is 1.45 bits per heavy atom. The fourth-order valence-corrected chi connectivity index (χ4v) is 3.79. The van der Waals surface area contributed by atoms with Crippen LogP contribution in [-0.4, -0.2) is 18.6 Å². The van der Waals surface area contributed by atoms with Crippen molar-refractivity contribution in [2.24, 2.45) is 0 Å². The van der Waals surface area contributed by atoms with E-state index in [4.69, 9.17) is 25.4 Å². The second-order valence-electron chi connectivity index (χ2n) is 5.77. The van der Waals surface area contributed by atoms with E-state index in [1.807, 2.05) is 39.0 Å². The van der Waals surface area contributed by atoms with Crippen molar-refractivity contribution in [1.29, 1.82) is 0 Å². The Morgan fingerprint density at radius 2 is 2.20 bits per heavy atom. The van der Waals surface area contributed by atoms with Gasteiger partial charge in [-0.1, -0.05) is 23.7 Å². The van der Waals surface area contributed by atoms with Crippen LogP contribution in [0, 0.1) is 0 Å². The van der Waals surface area contributed by atoms with E-state index in [1.165, 1.54) is 0 Å². The zero-order valence-corrected chi connectivity index (χ0v) is 13.6. The summed E-state index contributed by atoms with van der Waals surface area (Å²) in [5.41, 5.74) is 0.532. The van der Waals surface area contributed by atoms with E-state index in [0.29, 0.717) is 18.1 Å². The van der Waals surface area contributed by atoms with Crippen molar-refractivity contribution < 1.29 is 18.3 Å². The summed E-state index contributed by atoms with van der Waals surface area (Å²) < 4.78 is 29.1. The molecule has 20 heavy (non-hydrogen) atoms. The highest BCUT2D eigenvalue weighted by Gasteiger charge is 2.35. The predicted octanol–water partition coefficient (Wildman–Crippen LogP) is 4.78. The van der Waals surface area contributed by atoms with Crippen molar-refractivity contribution in [2.75, 3.05) is 13.0 Å². The standard InChI is InChI=1S/C14H20ClO4P/c1-14(2,3)17-10-20(16)18-8-7-13(19-20)11-5-4-6-12(15)9-11/h4-6,9,13H,7-8,10H2,1-3H3/t13-,20?/m0/s1. The highest BCUT2D eigenvalue weighted by molar-refractivity contribution is 7.53. The number of hydrogen-bond donors (Lipinski definition) is 0. The van der Waals surface area contributed by atoms with E-state index in [0.717, 1.165) is 5.56 Å². The summed E-state index contributed by atoms with van der Waals surface area (Å²) in [6.45, 7) is 6.09. The third-order valence-corrected chi connectivity index (χ3v) is 4.66. The monoisotopic (exact) mass is 318 g/mol. The average molecular weight is 319 g/mol. The number of halogens is 1. The van der Waals surface area contributed by atoms with Crippen molar-refractivity contribution in [3.05, 3.63) is 34.9 Å². The maximum Gasteiger partial charge on any atom is 0.356 e. The molecule has 1 heterocycles. The van der Waals surface area contributed by atoms with Gasteiger partial charge in [-0.15, -0.1) is 0 Å². The lowest BCUT2D eigenvalue weighted by molar-refractivity contribution is -0.00242. The van der Waals surface area contributed by atoms with Gasteiger partial charge in [0.1, 0.15) is 6.35 Å². The molecule has 1 aromatic rings. The van der Waals surface area contributed by atoms with Crippen LogP contribution in [0.15, 0.2) is 24.3 Å². The third-order valence-electron chi connectivity index (χ3n) is 2.83. The molecule has 1 unspecified atom stereocenters. The Hall–Kier alpha value is -0.380. The fourth-order valence-electron chi connectivity index (χ4n) is 1.85. The van der Waals surface area contributed by atoms with E-state index in [9.17, 15) is 4.57 Å². The molecule has 6 heteroatoms. The molecule has 0 saturated carbocycles. The lowest BCUT2D eigenvalue weighted by Gasteiger charge is -2.31. The normalized spacial score (nSPS) is 27.5. The van der Waals surface area contributed by atoms with Crippen molar-refractivity contribution >= 4 is 19.2 Å². The van der Waals surface area contributed by atoms with Crippen LogP contribution in [0.25, 0.3) is 0 Å². The van der Waals surface area contributed by atoms with E-state index < -0.39 is 7.60 Å². The highest BCUT2D eigenvalue weighted by atomic mass is 35.5. The number of rotatable bonds is 3. The first kappa shape index (κ1) is 16.0. The number of ether oxygens (including phenoxy) is 1. The molecule has 4 nitrogen and oxygen atoms in total. The van der Waals surface area contributed by atoms with Crippen LogP contribution in [0.4, 0.5) is 0 Å². The molecule has 2 atom stereocenters. The summed E-state index contributed by atoms with van der Waals surface area (Å²) in [6, 6.07) is 7.39. The molecule has 0 aromatic heterocycles. The Labute approximate surface area is 124 Å². The first-order chi connectivity index (χ1) is 9.27. The van der Waals surface area contributed by atoms with Gasteiger partial charge in [-0.25, -0.2) is 0 Å². The molecule has 1 fully saturated rings. The van der Waals surface area contributed by atoms with Gasteiger partial charge in [-0.3, -0.25) is 9.09 Å². The van der Waals surface area contributed by atoms with Crippen molar-refractivity contribution in [3.8, 4) is 0 Å². The maximum atomic E-state index is 12.5. The molecule has 1 aliphatic rings. The van der Waals surface area contributed by atoms with Crippen molar-refractivity contribution in [3.63, 3.8) is 0 Å². The summed E-state index contributed by atoms with van der Waals surface area (Å²) in [6.07, 6.45) is 0.352. The molecule has 1 aliphatic heterocycles. The second-order valence-corrected chi connectivity index (χ2v) is 8.15. The van der Waals surface area contributed by atoms with Gasteiger partial charge < -0.3 is 9.26 Å². The van der Waals surface area contributed by atoms with Gasteiger partial charge in [0.15, 0.2) is 0 Å². The van der Waals surface area contributed by atoms with Gasteiger partial charge in [0, 0.05) is 11.4 Å². The highest BCUT2D eigenvalue weighted by Crippen LogP contribution is 2.56. The lowest BCUT2D eigenvalue weighted by atomic mass is 10.1. The van der Waals surface area contributed by atoms with Gasteiger partial charge in [0.2, 0.25) is 0 Å². The van der Waals surface area contributed by atoms with Crippen LogP contribution in [0.5, 0.6) is 0 Å². The van der Waals surface area contributed by atoms with E-state index in [1.54, 1.807) is 6.07 Å². The minimum Gasteiger partial charge on any atom is -0.363 e. The summed E-state index contributed by atoms with van der Waals surface area (Å²) in [5, 5.41) is 0.637. The van der Waals surface area contributed by atoms with E-state index in [2.05, 4.69) is 0 Å². The summed E-state index contributed by atoms with van der Waals surface area (Å²) in [5.74, 6) is 0. The quantitative estimate of drug-likeness (QED) is 0.752. The minimum absolute atomic E-state index is 0.0342. The smallest absolute Gasteiger partial charge is 0.356 e. The first-order valence-electron chi connectivity index (χ1n) is 6.59. The largest absolute Gasteiger partial charge is 0.363 e. The number of benzene rings is 1. The van der Waals surface area contributed by atoms with Crippen LogP contribution < -0.4 is 0 Å². The Kier molecular flexibility index (Phi) is 4.93. The molecule has 0 radical (unpaired) electrons. The van der Waals surface area contributed by atoms with Crippen LogP contribution in [0.1, 0.15) is 38.9 Å². The molecule has 0 bridgehead atoms. The van der Waals surface area contributed by atoms with Crippen LogP contribution in [0.3, 0.4) is 0 Å². The zero-order chi connectivity index (χ0) is 14.8. The second kappa shape index (κ2) is 6.17.